The van der Waals surface area contributed by atoms with Crippen LogP contribution >= 0.6 is 11.6 Å². The van der Waals surface area contributed by atoms with E-state index >= 15 is 0 Å². The van der Waals surface area contributed by atoms with Crippen molar-refractivity contribution < 1.29 is 9.84 Å². The number of phenolic OH excluding ortho intramolecular Hbond substituents is 1. The molecule has 0 heterocycles. The average Bonchev–Trinajstić information content (AvgIpc) is 2.34. The summed E-state index contributed by atoms with van der Waals surface area (Å²) in [5.74, 6) is 0.771. The van der Waals surface area contributed by atoms with Gasteiger partial charge in [0.25, 0.3) is 0 Å². The molecule has 0 amide bonds. The molecule has 0 aliphatic heterocycles. The lowest BCUT2D eigenvalue weighted by Crippen LogP contribution is -1.95. The van der Waals surface area contributed by atoms with Gasteiger partial charge in [0.15, 0.2) is 0 Å². The summed E-state index contributed by atoms with van der Waals surface area (Å²) in [6.07, 6.45) is 0. The molecule has 0 fully saturated rings. The Labute approximate surface area is 105 Å². The third-order valence-electron chi connectivity index (χ3n) is 2.48. The highest BCUT2D eigenvalue weighted by atomic mass is 35.5. The third kappa shape index (κ3) is 2.92. The number of hydrogen-bond donors (Lipinski definition) is 1. The zero-order valence-electron chi connectivity index (χ0n) is 9.48. The Morgan fingerprint density at radius 1 is 1.18 bits per heavy atom. The lowest BCUT2D eigenvalue weighted by Gasteiger charge is -2.09. The van der Waals surface area contributed by atoms with Crippen LogP contribution in [0.5, 0.6) is 11.5 Å². The molecule has 0 saturated carbocycles. The van der Waals surface area contributed by atoms with E-state index in [2.05, 4.69) is 0 Å². The SMILES string of the molecule is Cc1cc(OCc2ccccc2)cc(Cl)c1O. The van der Waals surface area contributed by atoms with Gasteiger partial charge in [-0.3, -0.25) is 0 Å². The van der Waals surface area contributed by atoms with Gasteiger partial charge in [-0.25, -0.2) is 0 Å². The first-order chi connectivity index (χ1) is 8.16. The fraction of sp³-hybridized carbons (Fsp3) is 0.143. The van der Waals surface area contributed by atoms with Crippen LogP contribution in [0.3, 0.4) is 0 Å². The van der Waals surface area contributed by atoms with E-state index in [0.717, 1.165) is 5.56 Å². The maximum atomic E-state index is 9.53. The molecule has 0 unspecified atom stereocenters. The van der Waals surface area contributed by atoms with Crippen molar-refractivity contribution in [3.05, 3.63) is 58.6 Å². The Kier molecular flexibility index (Phi) is 3.55. The first-order valence-electron chi connectivity index (χ1n) is 5.32. The molecule has 0 radical (unpaired) electrons. The van der Waals surface area contributed by atoms with Gasteiger partial charge in [0.2, 0.25) is 0 Å². The van der Waals surface area contributed by atoms with Gasteiger partial charge in [-0.1, -0.05) is 41.9 Å². The Bertz CT molecular complexity index is 486. The zero-order chi connectivity index (χ0) is 12.3. The first kappa shape index (κ1) is 11.8. The molecule has 88 valence electrons. The van der Waals surface area contributed by atoms with Crippen LogP contribution in [0.15, 0.2) is 42.5 Å². The van der Waals surface area contributed by atoms with Crippen molar-refractivity contribution in [1.82, 2.24) is 0 Å². The largest absolute Gasteiger partial charge is 0.506 e. The number of halogens is 1. The highest BCUT2D eigenvalue weighted by Gasteiger charge is 2.05. The molecule has 0 aromatic heterocycles. The predicted octanol–water partition coefficient (Wildman–Crippen LogP) is 3.93. The topological polar surface area (TPSA) is 29.5 Å². The number of aryl methyl sites for hydroxylation is 1. The Hall–Kier alpha value is -1.67. The quantitative estimate of drug-likeness (QED) is 0.892. The van der Waals surface area contributed by atoms with Crippen LogP contribution in [0.2, 0.25) is 5.02 Å². The van der Waals surface area contributed by atoms with Crippen LogP contribution in [0.1, 0.15) is 11.1 Å². The van der Waals surface area contributed by atoms with Gasteiger partial charge in [-0.15, -0.1) is 0 Å². The molecule has 2 nitrogen and oxygen atoms in total. The molecule has 3 heteroatoms. The third-order valence-corrected chi connectivity index (χ3v) is 2.76. The number of ether oxygens (including phenoxy) is 1. The van der Waals surface area contributed by atoms with E-state index < -0.39 is 0 Å². The second-order valence-corrected chi connectivity index (χ2v) is 4.25. The summed E-state index contributed by atoms with van der Waals surface area (Å²) in [6.45, 7) is 2.28. The van der Waals surface area contributed by atoms with E-state index in [1.54, 1.807) is 19.1 Å². The van der Waals surface area contributed by atoms with Gasteiger partial charge in [0.05, 0.1) is 5.02 Å². The molecule has 0 aliphatic rings. The second-order valence-electron chi connectivity index (χ2n) is 3.84. The van der Waals surface area contributed by atoms with Gasteiger partial charge in [0.1, 0.15) is 18.1 Å². The number of phenols is 1. The molecule has 0 saturated heterocycles. The van der Waals surface area contributed by atoms with Crippen LogP contribution in [-0.2, 0) is 6.61 Å². The van der Waals surface area contributed by atoms with Gasteiger partial charge < -0.3 is 9.84 Å². The minimum atomic E-state index is 0.110. The average molecular weight is 249 g/mol. The van der Waals surface area contributed by atoms with Crippen molar-refractivity contribution in [2.75, 3.05) is 0 Å². The van der Waals surface area contributed by atoms with Gasteiger partial charge in [0, 0.05) is 6.07 Å². The van der Waals surface area contributed by atoms with Crippen molar-refractivity contribution in [3.63, 3.8) is 0 Å². The molecular weight excluding hydrogens is 236 g/mol. The molecule has 2 rings (SSSR count). The van der Waals surface area contributed by atoms with E-state index in [9.17, 15) is 5.11 Å². The summed E-state index contributed by atoms with van der Waals surface area (Å²) >= 11 is 5.87. The number of benzene rings is 2. The van der Waals surface area contributed by atoms with E-state index in [0.29, 0.717) is 22.9 Å². The van der Waals surface area contributed by atoms with Crippen LogP contribution < -0.4 is 4.74 Å². The summed E-state index contributed by atoms with van der Waals surface area (Å²) in [5, 5.41) is 9.84. The lowest BCUT2D eigenvalue weighted by atomic mass is 10.2. The lowest BCUT2D eigenvalue weighted by molar-refractivity contribution is 0.305. The van der Waals surface area contributed by atoms with Crippen LogP contribution in [-0.4, -0.2) is 5.11 Å². The maximum absolute atomic E-state index is 9.53. The van der Waals surface area contributed by atoms with Crippen molar-refractivity contribution in [2.45, 2.75) is 13.5 Å². The van der Waals surface area contributed by atoms with Crippen LogP contribution in [0.4, 0.5) is 0 Å². The molecule has 0 aliphatic carbocycles. The Balaban J connectivity index is 2.10. The summed E-state index contributed by atoms with van der Waals surface area (Å²) < 4.78 is 5.61. The minimum Gasteiger partial charge on any atom is -0.506 e. The number of hydrogen-bond acceptors (Lipinski definition) is 2. The summed E-state index contributed by atoms with van der Waals surface area (Å²) in [4.78, 5) is 0. The van der Waals surface area contributed by atoms with Crippen molar-refractivity contribution >= 4 is 11.6 Å². The molecule has 2 aromatic carbocycles. The summed E-state index contributed by atoms with van der Waals surface area (Å²) in [6, 6.07) is 13.3. The maximum Gasteiger partial charge on any atom is 0.137 e. The fourth-order valence-electron chi connectivity index (χ4n) is 1.53. The van der Waals surface area contributed by atoms with Crippen LogP contribution in [0.25, 0.3) is 0 Å². The standard InChI is InChI=1S/C14H13ClO2/c1-10-7-12(8-13(15)14(10)16)17-9-11-5-3-2-4-6-11/h2-8,16H,9H2,1H3. The monoisotopic (exact) mass is 248 g/mol. The highest BCUT2D eigenvalue weighted by molar-refractivity contribution is 6.32. The molecule has 1 N–H and O–H groups in total. The Morgan fingerprint density at radius 3 is 2.53 bits per heavy atom. The van der Waals surface area contributed by atoms with E-state index in [-0.39, 0.29) is 5.75 Å². The normalized spacial score (nSPS) is 10.2. The van der Waals surface area contributed by atoms with Crippen molar-refractivity contribution in [3.8, 4) is 11.5 Å². The molecule has 2 aromatic rings. The van der Waals surface area contributed by atoms with E-state index in [4.69, 9.17) is 16.3 Å². The Morgan fingerprint density at radius 2 is 1.88 bits per heavy atom. The fourth-order valence-corrected chi connectivity index (χ4v) is 1.79. The van der Waals surface area contributed by atoms with Crippen LogP contribution in [0, 0.1) is 6.92 Å². The summed E-state index contributed by atoms with van der Waals surface area (Å²) in [5.41, 5.74) is 1.80. The van der Waals surface area contributed by atoms with Gasteiger partial charge in [-0.2, -0.15) is 0 Å². The smallest absolute Gasteiger partial charge is 0.137 e. The minimum absolute atomic E-state index is 0.110. The molecule has 0 bridgehead atoms. The molecular formula is C14H13ClO2. The van der Waals surface area contributed by atoms with E-state index in [1.807, 2.05) is 30.3 Å². The summed E-state index contributed by atoms with van der Waals surface area (Å²) in [7, 11) is 0. The van der Waals surface area contributed by atoms with Gasteiger partial charge >= 0.3 is 0 Å². The zero-order valence-corrected chi connectivity index (χ0v) is 10.2. The van der Waals surface area contributed by atoms with E-state index in [1.165, 1.54) is 0 Å². The molecule has 17 heavy (non-hydrogen) atoms. The van der Waals surface area contributed by atoms with Gasteiger partial charge in [-0.05, 0) is 24.1 Å². The molecule has 0 spiro atoms. The number of rotatable bonds is 3. The highest BCUT2D eigenvalue weighted by Crippen LogP contribution is 2.31. The predicted molar refractivity (Wildman–Crippen MR) is 68.6 cm³/mol. The van der Waals surface area contributed by atoms with Crippen molar-refractivity contribution in [1.29, 1.82) is 0 Å². The number of aromatic hydroxyl groups is 1. The second kappa shape index (κ2) is 5.11. The first-order valence-corrected chi connectivity index (χ1v) is 5.70. The molecule has 0 atom stereocenters. The van der Waals surface area contributed by atoms with Crippen molar-refractivity contribution in [2.24, 2.45) is 0 Å².